The van der Waals surface area contributed by atoms with Crippen molar-refractivity contribution in [3.8, 4) is 17.3 Å². The number of hydrogen-bond donors (Lipinski definition) is 1. The van der Waals surface area contributed by atoms with Gasteiger partial charge in [0.1, 0.15) is 18.1 Å². The molecule has 1 atom stereocenters. The zero-order valence-corrected chi connectivity index (χ0v) is 20.1. The summed E-state index contributed by atoms with van der Waals surface area (Å²) >= 11 is 0. The summed E-state index contributed by atoms with van der Waals surface area (Å²) in [5, 5.41) is 12.8. The molecule has 10 heteroatoms. The molecule has 0 radical (unpaired) electrons. The number of piperazine rings is 1. The van der Waals surface area contributed by atoms with Crippen LogP contribution in [0.3, 0.4) is 0 Å². The van der Waals surface area contributed by atoms with Crippen molar-refractivity contribution in [2.24, 2.45) is 0 Å². The van der Waals surface area contributed by atoms with E-state index in [9.17, 15) is 14.4 Å². The summed E-state index contributed by atoms with van der Waals surface area (Å²) < 4.78 is 13.6. The molecular weight excluding hydrogens is 459 g/mol. The Kier molecular flexibility index (Phi) is 6.73. The molecule has 1 aromatic carbocycles. The summed E-state index contributed by atoms with van der Waals surface area (Å²) in [6, 6.07) is 12.9. The predicted molar refractivity (Wildman–Crippen MR) is 135 cm³/mol. The number of amides is 1. The van der Waals surface area contributed by atoms with Gasteiger partial charge in [-0.05, 0) is 43.8 Å². The molecule has 4 heterocycles. The number of nitriles is 1. The normalized spacial score (nSPS) is 18.2. The average molecular weight is 487 g/mol. The van der Waals surface area contributed by atoms with E-state index in [4.69, 9.17) is 0 Å². The molecule has 1 N–H and O–H groups in total. The number of nitrogens with zero attached hydrogens (tertiary/aromatic N) is 7. The molecule has 1 unspecified atom stereocenters. The number of nitrogens with one attached hydrogen (secondary N) is 1. The van der Waals surface area contributed by atoms with Crippen molar-refractivity contribution in [3.05, 3.63) is 59.9 Å². The number of aromatic nitrogens is 3. The molecule has 2 aliphatic heterocycles. The third-order valence-corrected chi connectivity index (χ3v) is 6.52. The van der Waals surface area contributed by atoms with E-state index >= 15 is 0 Å². The van der Waals surface area contributed by atoms with Gasteiger partial charge in [-0.1, -0.05) is 6.07 Å². The van der Waals surface area contributed by atoms with Gasteiger partial charge in [0.25, 0.3) is 5.91 Å². The lowest BCUT2D eigenvalue weighted by Crippen LogP contribution is -2.47. The Morgan fingerprint density at radius 2 is 1.97 bits per heavy atom. The van der Waals surface area contributed by atoms with Gasteiger partial charge in [0.05, 0.1) is 17.8 Å². The van der Waals surface area contributed by atoms with E-state index < -0.39 is 6.17 Å². The van der Waals surface area contributed by atoms with Crippen LogP contribution in [0, 0.1) is 11.3 Å². The van der Waals surface area contributed by atoms with E-state index in [0.717, 1.165) is 13.1 Å². The van der Waals surface area contributed by atoms with Gasteiger partial charge in [-0.15, -0.1) is 0 Å². The maximum atomic E-state index is 13.6. The maximum Gasteiger partial charge on any atom is 0.254 e. The molecule has 3 aromatic rings. The van der Waals surface area contributed by atoms with Crippen LogP contribution in [0.4, 0.5) is 21.8 Å². The standard InChI is InChI=1S/C26H27FN8O/c1-33-9-11-34(12-10-33)25(36)18-3-2-4-22(14-18)31-26-29-7-5-23(32-26)20-13-19(15-28)24(30-16-20)35-8-6-21(27)17-35/h2-5,7,13-14,16,21H,6,8-12,17H2,1H3,(H,29,31,32). The molecule has 0 spiro atoms. The fraction of sp³-hybridized carbons (Fsp3) is 0.346. The SMILES string of the molecule is CN1CCN(C(=O)c2cccc(Nc3nccc(-c4cnc(N5CCC(F)C5)c(C#N)c4)n3)c2)CC1. The lowest BCUT2D eigenvalue weighted by Gasteiger charge is -2.32. The van der Waals surface area contributed by atoms with Gasteiger partial charge < -0.3 is 20.0 Å². The number of anilines is 3. The van der Waals surface area contributed by atoms with Crippen LogP contribution in [0.2, 0.25) is 0 Å². The van der Waals surface area contributed by atoms with Crippen LogP contribution < -0.4 is 10.2 Å². The maximum absolute atomic E-state index is 13.6. The third-order valence-electron chi connectivity index (χ3n) is 6.52. The summed E-state index contributed by atoms with van der Waals surface area (Å²) in [5.74, 6) is 0.864. The monoisotopic (exact) mass is 486 g/mol. The molecule has 1 amide bonds. The number of pyridine rings is 1. The molecule has 2 aromatic heterocycles. The molecular formula is C26H27FN8O. The van der Waals surface area contributed by atoms with Gasteiger partial charge in [-0.3, -0.25) is 4.79 Å². The van der Waals surface area contributed by atoms with Crippen LogP contribution >= 0.6 is 0 Å². The van der Waals surface area contributed by atoms with Crippen LogP contribution in [0.1, 0.15) is 22.3 Å². The van der Waals surface area contributed by atoms with E-state index in [1.165, 1.54) is 0 Å². The molecule has 0 saturated carbocycles. The number of benzene rings is 1. The highest BCUT2D eigenvalue weighted by Crippen LogP contribution is 2.27. The van der Waals surface area contributed by atoms with Crippen molar-refractivity contribution >= 4 is 23.4 Å². The number of halogens is 1. The smallest absolute Gasteiger partial charge is 0.254 e. The number of likely N-dealkylation sites (N-methyl/N-ethyl adjacent to an activating group) is 1. The van der Waals surface area contributed by atoms with Crippen LogP contribution in [0.5, 0.6) is 0 Å². The van der Waals surface area contributed by atoms with Gasteiger partial charge in [0, 0.05) is 61.9 Å². The highest BCUT2D eigenvalue weighted by Gasteiger charge is 2.25. The Bertz CT molecular complexity index is 1300. The first kappa shape index (κ1) is 23.6. The van der Waals surface area contributed by atoms with E-state index in [-0.39, 0.29) is 12.5 Å². The third kappa shape index (κ3) is 5.11. The van der Waals surface area contributed by atoms with E-state index in [0.29, 0.717) is 65.9 Å². The van der Waals surface area contributed by atoms with Gasteiger partial charge in [-0.2, -0.15) is 5.26 Å². The Morgan fingerprint density at radius 3 is 2.72 bits per heavy atom. The second-order valence-electron chi connectivity index (χ2n) is 9.11. The predicted octanol–water partition coefficient (Wildman–Crippen LogP) is 3.09. The summed E-state index contributed by atoms with van der Waals surface area (Å²) in [7, 11) is 2.06. The molecule has 2 fully saturated rings. The minimum atomic E-state index is -0.899. The molecule has 2 aliphatic rings. The van der Waals surface area contributed by atoms with E-state index in [2.05, 4.69) is 38.3 Å². The lowest BCUT2D eigenvalue weighted by atomic mass is 10.1. The summed E-state index contributed by atoms with van der Waals surface area (Å²) in [6.45, 7) is 3.94. The second-order valence-corrected chi connectivity index (χ2v) is 9.11. The highest BCUT2D eigenvalue weighted by molar-refractivity contribution is 5.95. The van der Waals surface area contributed by atoms with Crippen LogP contribution in [-0.4, -0.2) is 83.1 Å². The van der Waals surface area contributed by atoms with Gasteiger partial charge in [-0.25, -0.2) is 19.3 Å². The number of rotatable bonds is 5. The number of hydrogen-bond acceptors (Lipinski definition) is 8. The Labute approximate surface area is 209 Å². The first-order valence-electron chi connectivity index (χ1n) is 12.0. The van der Waals surface area contributed by atoms with Crippen molar-refractivity contribution in [1.29, 1.82) is 5.26 Å². The lowest BCUT2D eigenvalue weighted by molar-refractivity contribution is 0.0664. The average Bonchev–Trinajstić information content (AvgIpc) is 3.34. The largest absolute Gasteiger partial charge is 0.352 e. The Morgan fingerprint density at radius 1 is 1.14 bits per heavy atom. The van der Waals surface area contributed by atoms with Gasteiger partial charge >= 0.3 is 0 Å². The fourth-order valence-corrected chi connectivity index (χ4v) is 4.47. The summed E-state index contributed by atoms with van der Waals surface area (Å²) in [6.07, 6.45) is 2.81. The molecule has 0 aliphatic carbocycles. The fourth-order valence-electron chi connectivity index (χ4n) is 4.47. The minimum Gasteiger partial charge on any atom is -0.352 e. The molecule has 184 valence electrons. The second kappa shape index (κ2) is 10.3. The first-order chi connectivity index (χ1) is 17.5. The van der Waals surface area contributed by atoms with Crippen molar-refractivity contribution in [2.45, 2.75) is 12.6 Å². The van der Waals surface area contributed by atoms with Crippen molar-refractivity contribution in [2.75, 3.05) is 56.5 Å². The van der Waals surface area contributed by atoms with Crippen LogP contribution in [0.15, 0.2) is 48.8 Å². The Balaban J connectivity index is 1.33. The zero-order valence-electron chi connectivity index (χ0n) is 20.1. The van der Waals surface area contributed by atoms with Crippen molar-refractivity contribution in [3.63, 3.8) is 0 Å². The summed E-state index contributed by atoms with van der Waals surface area (Å²) in [5.41, 5.74) is 2.95. The number of carbonyl (C=O) groups excluding carboxylic acids is 1. The topological polar surface area (TPSA) is 101 Å². The first-order valence-corrected chi connectivity index (χ1v) is 12.0. The van der Waals surface area contributed by atoms with Gasteiger partial charge in [0.15, 0.2) is 0 Å². The molecule has 36 heavy (non-hydrogen) atoms. The van der Waals surface area contributed by atoms with Gasteiger partial charge in [0.2, 0.25) is 5.95 Å². The minimum absolute atomic E-state index is 0.00806. The zero-order chi connectivity index (χ0) is 25.1. The molecule has 5 rings (SSSR count). The van der Waals surface area contributed by atoms with Crippen molar-refractivity contribution < 1.29 is 9.18 Å². The van der Waals surface area contributed by atoms with Crippen molar-refractivity contribution in [1.82, 2.24) is 24.8 Å². The molecule has 9 nitrogen and oxygen atoms in total. The Hall–Kier alpha value is -4.10. The van der Waals surface area contributed by atoms with Crippen LogP contribution in [-0.2, 0) is 0 Å². The number of alkyl halides is 1. The quantitative estimate of drug-likeness (QED) is 0.587. The summed E-state index contributed by atoms with van der Waals surface area (Å²) in [4.78, 5) is 32.2. The van der Waals surface area contributed by atoms with E-state index in [1.807, 2.05) is 23.1 Å². The molecule has 0 bridgehead atoms. The highest BCUT2D eigenvalue weighted by atomic mass is 19.1. The van der Waals surface area contributed by atoms with E-state index in [1.54, 1.807) is 35.5 Å². The number of carbonyl (C=O) groups is 1. The molecule has 2 saturated heterocycles. The van der Waals surface area contributed by atoms with Crippen LogP contribution in [0.25, 0.3) is 11.3 Å².